The third-order valence-corrected chi connectivity index (χ3v) is 3.16. The van der Waals surface area contributed by atoms with Gasteiger partial charge in [0.15, 0.2) is 5.13 Å². The number of thiazole rings is 1. The highest BCUT2D eigenvalue weighted by molar-refractivity contribution is 7.13. The van der Waals surface area contributed by atoms with Crippen molar-refractivity contribution in [2.24, 2.45) is 0 Å². The van der Waals surface area contributed by atoms with Gasteiger partial charge in [0.1, 0.15) is 12.1 Å². The number of nitrogen functional groups attached to an aromatic ring is 1. The van der Waals surface area contributed by atoms with E-state index in [0.717, 1.165) is 5.69 Å². The third-order valence-electron chi connectivity index (χ3n) is 2.43. The Morgan fingerprint density at radius 3 is 2.63 bits per heavy atom. The second kappa shape index (κ2) is 7.63. The maximum absolute atomic E-state index is 13.5. The number of nitrogens with zero attached hydrogens (tertiary/aromatic N) is 1. The van der Waals surface area contributed by atoms with Gasteiger partial charge in [-0.05, 0) is 24.5 Å². The van der Waals surface area contributed by atoms with E-state index in [1.807, 2.05) is 19.2 Å². The van der Waals surface area contributed by atoms with Crippen LogP contribution in [0.2, 0.25) is 0 Å². The molecule has 0 fully saturated rings. The molecule has 5 heteroatoms. The van der Waals surface area contributed by atoms with Gasteiger partial charge in [-0.2, -0.15) is 0 Å². The van der Waals surface area contributed by atoms with Crippen LogP contribution in [0.5, 0.6) is 0 Å². The van der Waals surface area contributed by atoms with Crippen LogP contribution in [0.3, 0.4) is 0 Å². The van der Waals surface area contributed by atoms with Gasteiger partial charge in [-0.25, -0.2) is 9.37 Å². The lowest BCUT2D eigenvalue weighted by molar-refractivity contribution is 0.112. The molecule has 0 saturated carbocycles. The van der Waals surface area contributed by atoms with Gasteiger partial charge in [-0.3, -0.25) is 4.79 Å². The number of carbonyl (C=O) groups excluding carboxylic acids is 1. The minimum Gasteiger partial charge on any atom is -0.375 e. The zero-order valence-corrected chi connectivity index (χ0v) is 11.8. The molecular weight excluding hydrogens is 263 g/mol. The summed E-state index contributed by atoms with van der Waals surface area (Å²) in [6, 6.07) is 4.49. The standard InChI is InChI=1S/C12H11FN2OS.C2H6/c13-11-5-8(6-16)1-2-9(11)3-4-10-7-17-12(14)15-10;1-2/h1-2,5-7H,3-4H2,(H2,14,15);1-2H3. The number of aldehydes is 1. The lowest BCUT2D eigenvalue weighted by Gasteiger charge is -2.02. The summed E-state index contributed by atoms with van der Waals surface area (Å²) in [6.45, 7) is 4.00. The van der Waals surface area contributed by atoms with E-state index >= 15 is 0 Å². The minimum absolute atomic E-state index is 0.349. The van der Waals surface area contributed by atoms with E-state index in [4.69, 9.17) is 5.73 Å². The molecule has 3 nitrogen and oxygen atoms in total. The first-order chi connectivity index (χ1) is 9.19. The highest BCUT2D eigenvalue weighted by Crippen LogP contribution is 2.15. The van der Waals surface area contributed by atoms with Gasteiger partial charge >= 0.3 is 0 Å². The van der Waals surface area contributed by atoms with Crippen molar-refractivity contribution >= 4 is 22.8 Å². The number of hydrogen-bond acceptors (Lipinski definition) is 4. The van der Waals surface area contributed by atoms with E-state index in [9.17, 15) is 9.18 Å². The van der Waals surface area contributed by atoms with Gasteiger partial charge in [0.2, 0.25) is 0 Å². The number of aromatic nitrogens is 1. The second-order valence-corrected chi connectivity index (χ2v) is 4.54. The van der Waals surface area contributed by atoms with Gasteiger partial charge < -0.3 is 5.73 Å². The molecule has 19 heavy (non-hydrogen) atoms. The molecule has 0 radical (unpaired) electrons. The number of anilines is 1. The molecule has 102 valence electrons. The first kappa shape index (κ1) is 15.3. The van der Waals surface area contributed by atoms with Crippen LogP contribution in [0, 0.1) is 5.82 Å². The summed E-state index contributed by atoms with van der Waals surface area (Å²) in [5, 5.41) is 2.39. The van der Waals surface area contributed by atoms with Crippen LogP contribution in [0.1, 0.15) is 35.5 Å². The minimum atomic E-state index is -0.349. The number of benzene rings is 1. The molecule has 0 unspecified atom stereocenters. The molecule has 0 saturated heterocycles. The Balaban J connectivity index is 0.000000861. The van der Waals surface area contributed by atoms with Crippen molar-refractivity contribution in [2.75, 3.05) is 5.73 Å². The van der Waals surface area contributed by atoms with E-state index in [0.29, 0.717) is 35.4 Å². The molecule has 1 heterocycles. The fourth-order valence-electron chi connectivity index (χ4n) is 1.54. The van der Waals surface area contributed by atoms with Crippen LogP contribution >= 0.6 is 11.3 Å². The first-order valence-corrected chi connectivity index (χ1v) is 7.00. The average molecular weight is 280 g/mol. The van der Waals surface area contributed by atoms with Crippen LogP contribution in [-0.2, 0) is 12.8 Å². The molecular formula is C14H17FN2OS. The maximum atomic E-state index is 13.5. The normalized spacial score (nSPS) is 9.63. The van der Waals surface area contributed by atoms with Crippen LogP contribution in [0.4, 0.5) is 9.52 Å². The summed E-state index contributed by atoms with van der Waals surface area (Å²) in [7, 11) is 0. The van der Waals surface area contributed by atoms with Crippen LogP contribution in [0.25, 0.3) is 0 Å². The lowest BCUT2D eigenvalue weighted by atomic mass is 10.1. The zero-order valence-electron chi connectivity index (χ0n) is 11.0. The molecule has 2 aromatic rings. The summed E-state index contributed by atoms with van der Waals surface area (Å²) in [5.41, 5.74) is 7.31. The number of carbonyl (C=O) groups is 1. The van der Waals surface area contributed by atoms with E-state index in [-0.39, 0.29) is 5.82 Å². The van der Waals surface area contributed by atoms with Gasteiger partial charge in [0, 0.05) is 10.9 Å². The van der Waals surface area contributed by atoms with Crippen molar-refractivity contribution in [1.29, 1.82) is 0 Å². The Kier molecular flexibility index (Phi) is 6.15. The lowest BCUT2D eigenvalue weighted by Crippen LogP contribution is -1.96. The van der Waals surface area contributed by atoms with E-state index < -0.39 is 0 Å². The number of halogens is 1. The molecule has 1 aromatic carbocycles. The Labute approximate surface area is 116 Å². The SMILES string of the molecule is CC.Nc1nc(CCc2ccc(C=O)cc2F)cs1. The molecule has 0 spiro atoms. The fraction of sp³-hybridized carbons (Fsp3) is 0.286. The van der Waals surface area contributed by atoms with Crippen LogP contribution < -0.4 is 5.73 Å². The smallest absolute Gasteiger partial charge is 0.180 e. The Morgan fingerprint density at radius 1 is 1.37 bits per heavy atom. The molecule has 2 rings (SSSR count). The topological polar surface area (TPSA) is 56.0 Å². The molecule has 0 amide bonds. The highest BCUT2D eigenvalue weighted by atomic mass is 32.1. The summed E-state index contributed by atoms with van der Waals surface area (Å²) < 4.78 is 13.5. The fourth-order valence-corrected chi connectivity index (χ4v) is 2.14. The predicted molar refractivity (Wildman–Crippen MR) is 77.1 cm³/mol. The number of nitrogens with two attached hydrogens (primary N) is 1. The van der Waals surface area contributed by atoms with Gasteiger partial charge in [0.05, 0.1) is 5.69 Å². The summed E-state index contributed by atoms with van der Waals surface area (Å²) >= 11 is 1.38. The molecule has 2 N–H and O–H groups in total. The van der Waals surface area contributed by atoms with Crippen molar-refractivity contribution in [2.45, 2.75) is 26.7 Å². The molecule has 1 aromatic heterocycles. The van der Waals surface area contributed by atoms with Crippen molar-refractivity contribution < 1.29 is 9.18 Å². The van der Waals surface area contributed by atoms with Crippen molar-refractivity contribution in [3.05, 3.63) is 46.2 Å². The number of rotatable bonds is 4. The molecule has 0 atom stereocenters. The maximum Gasteiger partial charge on any atom is 0.180 e. The third kappa shape index (κ3) is 4.44. The summed E-state index contributed by atoms with van der Waals surface area (Å²) in [4.78, 5) is 14.6. The quantitative estimate of drug-likeness (QED) is 0.872. The monoisotopic (exact) mass is 280 g/mol. The van der Waals surface area contributed by atoms with E-state index in [2.05, 4.69) is 4.98 Å². The van der Waals surface area contributed by atoms with Crippen LogP contribution in [0.15, 0.2) is 23.6 Å². The molecule has 0 aliphatic rings. The second-order valence-electron chi connectivity index (χ2n) is 3.65. The van der Waals surface area contributed by atoms with Gasteiger partial charge in [-0.15, -0.1) is 11.3 Å². The van der Waals surface area contributed by atoms with E-state index in [1.54, 1.807) is 12.1 Å². The molecule has 0 aliphatic carbocycles. The summed E-state index contributed by atoms with van der Waals surface area (Å²) in [5.74, 6) is -0.349. The van der Waals surface area contributed by atoms with E-state index in [1.165, 1.54) is 17.4 Å². The number of hydrogen-bond donors (Lipinski definition) is 1. The first-order valence-electron chi connectivity index (χ1n) is 6.12. The zero-order chi connectivity index (χ0) is 14.3. The average Bonchev–Trinajstić information content (AvgIpc) is 2.85. The summed E-state index contributed by atoms with van der Waals surface area (Å²) in [6.07, 6.45) is 1.83. The van der Waals surface area contributed by atoms with Crippen molar-refractivity contribution in [3.63, 3.8) is 0 Å². The Bertz CT molecular complexity index is 540. The van der Waals surface area contributed by atoms with Crippen molar-refractivity contribution in [3.8, 4) is 0 Å². The number of aryl methyl sites for hydroxylation is 2. The van der Waals surface area contributed by atoms with Gasteiger partial charge in [-0.1, -0.05) is 26.0 Å². The molecule has 0 bridgehead atoms. The largest absolute Gasteiger partial charge is 0.375 e. The Hall–Kier alpha value is -1.75. The van der Waals surface area contributed by atoms with Crippen LogP contribution in [-0.4, -0.2) is 11.3 Å². The predicted octanol–water partition coefficient (Wildman–Crippen LogP) is 3.49. The van der Waals surface area contributed by atoms with Crippen molar-refractivity contribution in [1.82, 2.24) is 4.98 Å². The van der Waals surface area contributed by atoms with Gasteiger partial charge in [0.25, 0.3) is 0 Å². The highest BCUT2D eigenvalue weighted by Gasteiger charge is 2.05. The Morgan fingerprint density at radius 2 is 2.11 bits per heavy atom. The molecule has 0 aliphatic heterocycles.